The molecular formula is C32H21Br2N3O2. The number of halogens is 2. The molecule has 0 aliphatic carbocycles. The molecule has 2 aromatic heterocycles. The Morgan fingerprint density at radius 3 is 2.15 bits per heavy atom. The second-order valence-electron chi connectivity index (χ2n) is 8.87. The van der Waals surface area contributed by atoms with Gasteiger partial charge in [0.1, 0.15) is 5.58 Å². The molecule has 4 aromatic carbocycles. The lowest BCUT2D eigenvalue weighted by molar-refractivity contribution is 0.0929. The molecule has 0 bridgehead atoms. The Balaban J connectivity index is 1.43. The molecule has 0 spiro atoms. The van der Waals surface area contributed by atoms with Gasteiger partial charge in [-0.2, -0.15) is 5.10 Å². The van der Waals surface area contributed by atoms with Gasteiger partial charge in [-0.05, 0) is 65.7 Å². The molecule has 6 aromatic rings. The molecule has 7 heteroatoms. The zero-order valence-electron chi connectivity index (χ0n) is 20.5. The third kappa shape index (κ3) is 5.24. The third-order valence-electron chi connectivity index (χ3n) is 6.30. The molecule has 39 heavy (non-hydrogen) atoms. The molecule has 1 amide bonds. The van der Waals surface area contributed by atoms with Gasteiger partial charge in [0.15, 0.2) is 5.76 Å². The molecule has 6 rings (SSSR count). The molecule has 2 heterocycles. The number of nitrogens with one attached hydrogen (secondary N) is 1. The summed E-state index contributed by atoms with van der Waals surface area (Å²) in [4.78, 5) is 12.9. The van der Waals surface area contributed by atoms with E-state index in [1.165, 1.54) is 0 Å². The number of furan rings is 1. The first-order valence-corrected chi connectivity index (χ1v) is 13.8. The molecule has 0 fully saturated rings. The maximum absolute atomic E-state index is 12.9. The minimum Gasteiger partial charge on any atom is -0.451 e. The summed E-state index contributed by atoms with van der Waals surface area (Å²) in [5, 5.41) is 5.17. The number of hydrazone groups is 1. The largest absolute Gasteiger partial charge is 0.451 e. The number of hydrogen-bond acceptors (Lipinski definition) is 3. The van der Waals surface area contributed by atoms with Crippen molar-refractivity contribution in [1.29, 1.82) is 0 Å². The maximum Gasteiger partial charge on any atom is 0.307 e. The van der Waals surface area contributed by atoms with E-state index in [-0.39, 0.29) is 5.76 Å². The van der Waals surface area contributed by atoms with Gasteiger partial charge in [0.25, 0.3) is 0 Å². The Morgan fingerprint density at radius 1 is 0.769 bits per heavy atom. The molecule has 0 saturated carbocycles. The van der Waals surface area contributed by atoms with Crippen LogP contribution in [-0.4, -0.2) is 16.7 Å². The van der Waals surface area contributed by atoms with E-state index in [2.05, 4.69) is 89.4 Å². The molecular weight excluding hydrogens is 618 g/mol. The molecule has 0 aliphatic heterocycles. The van der Waals surface area contributed by atoms with Crippen molar-refractivity contribution in [2.24, 2.45) is 5.10 Å². The summed E-state index contributed by atoms with van der Waals surface area (Å²) in [6.45, 7) is 0. The number of aromatic nitrogens is 1. The molecule has 0 atom stereocenters. The summed E-state index contributed by atoms with van der Waals surface area (Å²) in [7, 11) is 0. The smallest absolute Gasteiger partial charge is 0.307 e. The summed E-state index contributed by atoms with van der Waals surface area (Å²) in [5.41, 5.74) is 9.19. The van der Waals surface area contributed by atoms with Gasteiger partial charge in [0.05, 0.1) is 17.6 Å². The number of carbonyl (C=O) groups is 1. The second kappa shape index (κ2) is 10.9. The van der Waals surface area contributed by atoms with E-state index in [0.717, 1.165) is 48.1 Å². The van der Waals surface area contributed by atoms with Crippen LogP contribution >= 0.6 is 31.9 Å². The lowest BCUT2D eigenvalue weighted by Gasteiger charge is -2.15. The Kier molecular flexibility index (Phi) is 7.00. The molecule has 0 radical (unpaired) electrons. The summed E-state index contributed by atoms with van der Waals surface area (Å²) in [5.74, 6) is -0.226. The molecule has 190 valence electrons. The van der Waals surface area contributed by atoms with Gasteiger partial charge in [0, 0.05) is 25.6 Å². The van der Waals surface area contributed by atoms with Crippen molar-refractivity contribution in [3.8, 4) is 28.2 Å². The van der Waals surface area contributed by atoms with E-state index < -0.39 is 5.91 Å². The first-order chi connectivity index (χ1) is 19.1. The number of rotatable bonds is 6. The average Bonchev–Trinajstić information content (AvgIpc) is 3.56. The number of benzene rings is 4. The van der Waals surface area contributed by atoms with Crippen molar-refractivity contribution in [3.63, 3.8) is 0 Å². The van der Waals surface area contributed by atoms with Gasteiger partial charge in [0.2, 0.25) is 0 Å². The normalized spacial score (nSPS) is 11.3. The van der Waals surface area contributed by atoms with Crippen LogP contribution in [0.2, 0.25) is 0 Å². The van der Waals surface area contributed by atoms with Crippen molar-refractivity contribution < 1.29 is 9.21 Å². The van der Waals surface area contributed by atoms with Crippen LogP contribution in [0.5, 0.6) is 0 Å². The zero-order valence-corrected chi connectivity index (χ0v) is 23.7. The van der Waals surface area contributed by atoms with Crippen LogP contribution in [0.25, 0.3) is 39.2 Å². The van der Waals surface area contributed by atoms with Crippen LogP contribution < -0.4 is 5.43 Å². The van der Waals surface area contributed by atoms with Crippen molar-refractivity contribution in [2.75, 3.05) is 0 Å². The quantitative estimate of drug-likeness (QED) is 0.146. The van der Waals surface area contributed by atoms with E-state index in [0.29, 0.717) is 5.58 Å². The Bertz CT molecular complexity index is 1810. The predicted octanol–water partition coefficient (Wildman–Crippen LogP) is 8.85. The van der Waals surface area contributed by atoms with Gasteiger partial charge >= 0.3 is 5.91 Å². The molecule has 1 N–H and O–H groups in total. The summed E-state index contributed by atoms with van der Waals surface area (Å²) >= 11 is 7.00. The summed E-state index contributed by atoms with van der Waals surface area (Å²) in [6.07, 6.45) is 1.68. The summed E-state index contributed by atoms with van der Waals surface area (Å²) < 4.78 is 9.85. The number of nitrogens with zero attached hydrogens (tertiary/aromatic N) is 2. The van der Waals surface area contributed by atoms with E-state index in [9.17, 15) is 4.79 Å². The number of carbonyl (C=O) groups excluding carboxylic acids is 1. The first-order valence-electron chi connectivity index (χ1n) is 12.2. The first kappa shape index (κ1) is 25.1. The van der Waals surface area contributed by atoms with Gasteiger partial charge in [-0.3, -0.25) is 4.79 Å². The Hall–Kier alpha value is -4.20. The fourth-order valence-corrected chi connectivity index (χ4v) is 5.18. The highest BCUT2D eigenvalue weighted by Crippen LogP contribution is 2.35. The minimum absolute atomic E-state index is 0.195. The van der Waals surface area contributed by atoms with Gasteiger partial charge in [-0.1, -0.05) is 92.5 Å². The number of fused-ring (bicyclic) bond motifs is 1. The molecule has 0 unspecified atom stereocenters. The highest BCUT2D eigenvalue weighted by molar-refractivity contribution is 9.10. The van der Waals surface area contributed by atoms with E-state index in [1.807, 2.05) is 66.7 Å². The van der Waals surface area contributed by atoms with Crippen molar-refractivity contribution in [3.05, 3.63) is 136 Å². The Morgan fingerprint density at radius 2 is 1.44 bits per heavy atom. The highest BCUT2D eigenvalue weighted by atomic mass is 79.9. The van der Waals surface area contributed by atoms with E-state index in [4.69, 9.17) is 4.42 Å². The predicted molar refractivity (Wildman–Crippen MR) is 163 cm³/mol. The summed E-state index contributed by atoms with van der Waals surface area (Å²) in [6, 6.07) is 38.0. The maximum atomic E-state index is 12.9. The highest BCUT2D eigenvalue weighted by Gasteiger charge is 2.19. The van der Waals surface area contributed by atoms with Crippen LogP contribution in [0, 0.1) is 0 Å². The van der Waals surface area contributed by atoms with Crippen LogP contribution in [0.3, 0.4) is 0 Å². The monoisotopic (exact) mass is 637 g/mol. The van der Waals surface area contributed by atoms with Gasteiger partial charge in [-0.25, -0.2) is 5.43 Å². The number of amides is 1. The van der Waals surface area contributed by atoms with Gasteiger partial charge in [-0.15, -0.1) is 0 Å². The Labute approximate surface area is 242 Å². The van der Waals surface area contributed by atoms with E-state index >= 15 is 0 Å². The lowest BCUT2D eigenvalue weighted by atomic mass is 10.1. The standard InChI is InChI=1S/C32H21Br2N3O2/c33-25-11-14-27(15-12-25)37-28(21-7-3-1-4-8-21)18-24(31(37)22-9-5-2-6-10-22)20-35-36-32(38)30-19-23-17-26(34)13-16-29(23)39-30/h1-20H,(H,36,38)/b35-20-. The zero-order chi connectivity index (χ0) is 26.8. The van der Waals surface area contributed by atoms with Crippen LogP contribution in [-0.2, 0) is 0 Å². The average molecular weight is 639 g/mol. The third-order valence-corrected chi connectivity index (χ3v) is 7.33. The minimum atomic E-state index is -0.421. The molecule has 0 aliphatic rings. The van der Waals surface area contributed by atoms with Gasteiger partial charge < -0.3 is 8.98 Å². The second-order valence-corrected chi connectivity index (χ2v) is 10.7. The fourth-order valence-electron chi connectivity index (χ4n) is 4.54. The number of hydrogen-bond donors (Lipinski definition) is 1. The van der Waals surface area contributed by atoms with Crippen LogP contribution in [0.15, 0.2) is 134 Å². The lowest BCUT2D eigenvalue weighted by Crippen LogP contribution is -2.16. The van der Waals surface area contributed by atoms with Crippen LogP contribution in [0.1, 0.15) is 16.1 Å². The molecule has 0 saturated heterocycles. The van der Waals surface area contributed by atoms with Crippen LogP contribution in [0.4, 0.5) is 0 Å². The molecule has 5 nitrogen and oxygen atoms in total. The van der Waals surface area contributed by atoms with Crippen molar-refractivity contribution in [2.45, 2.75) is 0 Å². The topological polar surface area (TPSA) is 59.5 Å². The van der Waals surface area contributed by atoms with Crippen molar-refractivity contribution >= 4 is 55.0 Å². The SMILES string of the molecule is O=C(N/N=C\c1cc(-c2ccccc2)n(-c2ccc(Br)cc2)c1-c1ccccc1)c1cc2cc(Br)ccc2o1. The van der Waals surface area contributed by atoms with E-state index in [1.54, 1.807) is 12.3 Å². The fraction of sp³-hybridized carbons (Fsp3) is 0. The van der Waals surface area contributed by atoms with Crippen molar-refractivity contribution in [1.82, 2.24) is 9.99 Å².